The Kier molecular flexibility index (Phi) is 5.77. The molecule has 0 atom stereocenters. The van der Waals surface area contributed by atoms with Gasteiger partial charge in [0.25, 0.3) is 0 Å². The van der Waals surface area contributed by atoms with E-state index in [1.54, 1.807) is 6.21 Å². The molecular weight excluding hydrogens is 328 g/mol. The summed E-state index contributed by atoms with van der Waals surface area (Å²) in [5.74, 6) is -0.458. The van der Waals surface area contributed by atoms with E-state index in [2.05, 4.69) is 20.8 Å². The van der Waals surface area contributed by atoms with Crippen molar-refractivity contribution in [2.75, 3.05) is 0 Å². The van der Waals surface area contributed by atoms with Crippen LogP contribution in [-0.2, 0) is 16.1 Å². The Morgan fingerprint density at radius 1 is 0.962 bits per heavy atom. The van der Waals surface area contributed by atoms with E-state index in [9.17, 15) is 9.59 Å². The Bertz CT molecular complexity index is 916. The summed E-state index contributed by atoms with van der Waals surface area (Å²) in [4.78, 5) is 26.7. The summed E-state index contributed by atoms with van der Waals surface area (Å²) >= 11 is 0. The minimum absolute atomic E-state index is 0.0891. The lowest BCUT2D eigenvalue weighted by Crippen LogP contribution is -2.25. The monoisotopic (exact) mass is 348 g/mol. The number of hydrogen-bond donors (Lipinski definition) is 3. The van der Waals surface area contributed by atoms with Crippen LogP contribution in [0.25, 0.3) is 10.9 Å². The van der Waals surface area contributed by atoms with Crippen LogP contribution in [0.3, 0.4) is 0 Å². The first-order valence-corrected chi connectivity index (χ1v) is 8.41. The number of rotatable bonds is 7. The number of fused-ring (bicyclic) bond motifs is 1. The van der Waals surface area contributed by atoms with Crippen molar-refractivity contribution in [3.8, 4) is 0 Å². The van der Waals surface area contributed by atoms with Gasteiger partial charge in [0, 0.05) is 42.0 Å². The van der Waals surface area contributed by atoms with Crippen molar-refractivity contribution < 1.29 is 9.59 Å². The first-order valence-electron chi connectivity index (χ1n) is 8.41. The number of benzene rings is 2. The summed E-state index contributed by atoms with van der Waals surface area (Å²) in [6.07, 6.45) is 3.64. The summed E-state index contributed by atoms with van der Waals surface area (Å²) < 4.78 is 0. The SMILES string of the molecule is O=C(CCC(=O)N/N=C/c1c[nH]c2ccccc12)NCc1ccccc1. The molecule has 0 saturated heterocycles. The highest BCUT2D eigenvalue weighted by molar-refractivity contribution is 5.99. The van der Waals surface area contributed by atoms with E-state index in [-0.39, 0.29) is 24.7 Å². The zero-order valence-corrected chi connectivity index (χ0v) is 14.2. The molecule has 0 fully saturated rings. The molecule has 2 amide bonds. The van der Waals surface area contributed by atoms with E-state index in [0.29, 0.717) is 6.54 Å². The molecule has 3 N–H and O–H groups in total. The zero-order valence-electron chi connectivity index (χ0n) is 14.2. The maximum atomic E-state index is 11.8. The molecule has 6 heteroatoms. The molecule has 0 radical (unpaired) electrons. The number of nitrogens with one attached hydrogen (secondary N) is 3. The lowest BCUT2D eigenvalue weighted by Gasteiger charge is -2.04. The van der Waals surface area contributed by atoms with Crippen LogP contribution in [0.1, 0.15) is 24.0 Å². The van der Waals surface area contributed by atoms with E-state index in [4.69, 9.17) is 0 Å². The quantitative estimate of drug-likeness (QED) is 0.453. The standard InChI is InChI=1S/C20H20N4O2/c25-19(22-12-15-6-2-1-3-7-15)10-11-20(26)24-23-14-16-13-21-18-9-5-4-8-17(16)18/h1-9,13-14,21H,10-12H2,(H,22,25)(H,24,26)/b23-14+. The highest BCUT2D eigenvalue weighted by atomic mass is 16.2. The van der Waals surface area contributed by atoms with E-state index >= 15 is 0 Å². The van der Waals surface area contributed by atoms with E-state index in [0.717, 1.165) is 22.0 Å². The van der Waals surface area contributed by atoms with Gasteiger partial charge in [-0.05, 0) is 11.6 Å². The lowest BCUT2D eigenvalue weighted by atomic mass is 10.2. The van der Waals surface area contributed by atoms with Crippen molar-refractivity contribution in [1.82, 2.24) is 15.7 Å². The van der Waals surface area contributed by atoms with Gasteiger partial charge >= 0.3 is 0 Å². The van der Waals surface area contributed by atoms with E-state index < -0.39 is 0 Å². The van der Waals surface area contributed by atoms with Gasteiger partial charge < -0.3 is 10.3 Å². The number of aromatic nitrogens is 1. The van der Waals surface area contributed by atoms with E-state index in [1.165, 1.54) is 0 Å². The molecule has 26 heavy (non-hydrogen) atoms. The third-order valence-corrected chi connectivity index (χ3v) is 3.93. The van der Waals surface area contributed by atoms with Crippen LogP contribution in [0.15, 0.2) is 65.9 Å². The first kappa shape index (κ1) is 17.4. The molecule has 2 aromatic carbocycles. The summed E-state index contributed by atoms with van der Waals surface area (Å²) in [6, 6.07) is 17.5. The first-order chi connectivity index (χ1) is 12.7. The van der Waals surface area contributed by atoms with Crippen molar-refractivity contribution in [3.05, 3.63) is 71.9 Å². The van der Waals surface area contributed by atoms with Crippen LogP contribution in [-0.4, -0.2) is 23.0 Å². The number of carbonyl (C=O) groups is 2. The van der Waals surface area contributed by atoms with Crippen molar-refractivity contribution in [2.45, 2.75) is 19.4 Å². The Morgan fingerprint density at radius 2 is 1.69 bits per heavy atom. The fourth-order valence-corrected chi connectivity index (χ4v) is 2.54. The summed E-state index contributed by atoms with van der Waals surface area (Å²) in [5.41, 5.74) is 5.37. The Balaban J connectivity index is 1.40. The van der Waals surface area contributed by atoms with Gasteiger partial charge in [0.2, 0.25) is 11.8 Å². The Labute approximate surface area is 151 Å². The summed E-state index contributed by atoms with van der Waals surface area (Å²) in [5, 5.41) is 7.78. The van der Waals surface area contributed by atoms with Crippen LogP contribution >= 0.6 is 0 Å². The average Bonchev–Trinajstić information content (AvgIpc) is 3.09. The van der Waals surface area contributed by atoms with Crippen LogP contribution in [0.2, 0.25) is 0 Å². The molecule has 0 bridgehead atoms. The summed E-state index contributed by atoms with van der Waals surface area (Å²) in [6.45, 7) is 0.458. The van der Waals surface area contributed by atoms with Crippen LogP contribution in [0.4, 0.5) is 0 Å². The van der Waals surface area contributed by atoms with Gasteiger partial charge in [-0.25, -0.2) is 5.43 Å². The molecule has 0 unspecified atom stereocenters. The van der Waals surface area contributed by atoms with Crippen LogP contribution < -0.4 is 10.7 Å². The fourth-order valence-electron chi connectivity index (χ4n) is 2.54. The number of carbonyl (C=O) groups excluding carboxylic acids is 2. The van der Waals surface area contributed by atoms with Crippen molar-refractivity contribution in [3.63, 3.8) is 0 Å². The smallest absolute Gasteiger partial charge is 0.240 e. The molecule has 0 saturated carbocycles. The second-order valence-electron chi connectivity index (χ2n) is 5.85. The third kappa shape index (κ3) is 4.80. The largest absolute Gasteiger partial charge is 0.361 e. The molecule has 0 spiro atoms. The Hall–Kier alpha value is -3.41. The number of hydrogen-bond acceptors (Lipinski definition) is 3. The average molecular weight is 348 g/mol. The molecule has 1 heterocycles. The van der Waals surface area contributed by atoms with Crippen LogP contribution in [0.5, 0.6) is 0 Å². The molecular formula is C20H20N4O2. The van der Waals surface area contributed by atoms with Crippen molar-refractivity contribution in [1.29, 1.82) is 0 Å². The van der Waals surface area contributed by atoms with Gasteiger partial charge in [-0.15, -0.1) is 0 Å². The molecule has 0 aliphatic heterocycles. The number of aromatic amines is 1. The second-order valence-corrected chi connectivity index (χ2v) is 5.85. The number of hydrazone groups is 1. The summed E-state index contributed by atoms with van der Waals surface area (Å²) in [7, 11) is 0. The zero-order chi connectivity index (χ0) is 18.2. The minimum Gasteiger partial charge on any atom is -0.361 e. The fraction of sp³-hybridized carbons (Fsp3) is 0.150. The molecule has 3 aromatic rings. The van der Waals surface area contributed by atoms with Gasteiger partial charge in [-0.3, -0.25) is 9.59 Å². The number of H-pyrrole nitrogens is 1. The lowest BCUT2D eigenvalue weighted by molar-refractivity contribution is -0.126. The number of amides is 2. The molecule has 6 nitrogen and oxygen atoms in total. The normalized spacial score (nSPS) is 10.9. The van der Waals surface area contributed by atoms with Crippen molar-refractivity contribution >= 4 is 28.9 Å². The highest BCUT2D eigenvalue weighted by Crippen LogP contribution is 2.15. The van der Waals surface area contributed by atoms with Gasteiger partial charge in [0.15, 0.2) is 0 Å². The minimum atomic E-state index is -0.295. The Morgan fingerprint density at radius 3 is 2.54 bits per heavy atom. The van der Waals surface area contributed by atoms with Gasteiger partial charge in [-0.1, -0.05) is 48.5 Å². The highest BCUT2D eigenvalue weighted by Gasteiger charge is 2.06. The molecule has 0 aliphatic carbocycles. The second kappa shape index (κ2) is 8.62. The van der Waals surface area contributed by atoms with Gasteiger partial charge in [-0.2, -0.15) is 5.10 Å². The third-order valence-electron chi connectivity index (χ3n) is 3.93. The predicted octanol–water partition coefficient (Wildman–Crippen LogP) is 2.71. The predicted molar refractivity (Wildman–Crippen MR) is 102 cm³/mol. The van der Waals surface area contributed by atoms with Gasteiger partial charge in [0.05, 0.1) is 6.21 Å². The maximum Gasteiger partial charge on any atom is 0.240 e. The molecule has 132 valence electrons. The molecule has 1 aromatic heterocycles. The number of para-hydroxylation sites is 1. The molecule has 3 rings (SSSR count). The maximum absolute atomic E-state index is 11.8. The topological polar surface area (TPSA) is 86.3 Å². The van der Waals surface area contributed by atoms with E-state index in [1.807, 2.05) is 60.8 Å². The number of nitrogens with zero attached hydrogens (tertiary/aromatic N) is 1. The van der Waals surface area contributed by atoms with Gasteiger partial charge in [0.1, 0.15) is 0 Å². The molecule has 0 aliphatic rings. The van der Waals surface area contributed by atoms with Crippen molar-refractivity contribution in [2.24, 2.45) is 5.10 Å². The van der Waals surface area contributed by atoms with Crippen LogP contribution in [0, 0.1) is 0 Å².